The average Bonchev–Trinajstić information content (AvgIpc) is 2.60. The molecule has 0 aromatic rings. The SMILES string of the molecule is C/C=C\C(=C/C1=CN[C@@H](C2C=CC=C(Cl)C2)[C@@H]2CCCO[C@H]12)C(C)(C)C. The maximum Gasteiger partial charge on any atom is 0.0886 e. The van der Waals surface area contributed by atoms with Crippen molar-refractivity contribution in [2.75, 3.05) is 6.61 Å². The van der Waals surface area contributed by atoms with Crippen molar-refractivity contribution in [2.45, 2.75) is 59.1 Å². The maximum absolute atomic E-state index is 6.31. The van der Waals surface area contributed by atoms with Gasteiger partial charge in [-0.3, -0.25) is 0 Å². The van der Waals surface area contributed by atoms with E-state index in [-0.39, 0.29) is 11.5 Å². The molecule has 2 aliphatic heterocycles. The van der Waals surface area contributed by atoms with Gasteiger partial charge in [-0.15, -0.1) is 0 Å². The lowest BCUT2D eigenvalue weighted by Gasteiger charge is -2.44. The van der Waals surface area contributed by atoms with Crippen molar-refractivity contribution in [2.24, 2.45) is 17.3 Å². The molecular weight excluding hydrogens is 342 g/mol. The van der Waals surface area contributed by atoms with Crippen molar-refractivity contribution in [3.8, 4) is 0 Å². The van der Waals surface area contributed by atoms with Gasteiger partial charge in [0.15, 0.2) is 0 Å². The first-order valence-corrected chi connectivity index (χ1v) is 10.2. The van der Waals surface area contributed by atoms with E-state index in [1.165, 1.54) is 17.6 Å². The van der Waals surface area contributed by atoms with Crippen LogP contribution in [-0.2, 0) is 4.74 Å². The highest BCUT2D eigenvalue weighted by molar-refractivity contribution is 6.29. The average molecular weight is 374 g/mol. The Balaban J connectivity index is 1.89. The van der Waals surface area contributed by atoms with Gasteiger partial charge in [-0.2, -0.15) is 0 Å². The zero-order valence-corrected chi connectivity index (χ0v) is 17.2. The second-order valence-electron chi connectivity index (χ2n) is 8.65. The first-order valence-electron chi connectivity index (χ1n) is 9.85. The largest absolute Gasteiger partial charge is 0.387 e. The van der Waals surface area contributed by atoms with E-state index >= 15 is 0 Å². The quantitative estimate of drug-likeness (QED) is 0.623. The number of fused-ring (bicyclic) bond motifs is 1. The molecule has 1 N–H and O–H groups in total. The molecule has 2 heterocycles. The molecule has 1 aliphatic carbocycles. The van der Waals surface area contributed by atoms with Gasteiger partial charge in [-0.25, -0.2) is 0 Å². The minimum Gasteiger partial charge on any atom is -0.387 e. The van der Waals surface area contributed by atoms with Crippen LogP contribution in [0.4, 0.5) is 0 Å². The molecule has 0 saturated carbocycles. The highest BCUT2D eigenvalue weighted by Crippen LogP contribution is 2.39. The summed E-state index contributed by atoms with van der Waals surface area (Å²) in [5.41, 5.74) is 2.72. The third-order valence-corrected chi connectivity index (χ3v) is 5.94. The summed E-state index contributed by atoms with van der Waals surface area (Å²) in [7, 11) is 0. The molecule has 3 heteroatoms. The van der Waals surface area contributed by atoms with Crippen LogP contribution in [0.3, 0.4) is 0 Å². The normalized spacial score (nSPS) is 32.7. The van der Waals surface area contributed by atoms with Crippen molar-refractivity contribution in [1.82, 2.24) is 5.32 Å². The van der Waals surface area contributed by atoms with E-state index in [1.54, 1.807) is 0 Å². The van der Waals surface area contributed by atoms with Gasteiger partial charge in [-0.05, 0) is 48.8 Å². The third-order valence-electron chi connectivity index (χ3n) is 5.66. The van der Waals surface area contributed by atoms with Gasteiger partial charge >= 0.3 is 0 Å². The highest BCUT2D eigenvalue weighted by atomic mass is 35.5. The molecule has 0 spiro atoms. The van der Waals surface area contributed by atoms with E-state index in [9.17, 15) is 0 Å². The highest BCUT2D eigenvalue weighted by Gasteiger charge is 2.40. The summed E-state index contributed by atoms with van der Waals surface area (Å²) in [6.45, 7) is 9.72. The van der Waals surface area contributed by atoms with Crippen LogP contribution in [0, 0.1) is 17.3 Å². The lowest BCUT2D eigenvalue weighted by molar-refractivity contribution is -0.0245. The topological polar surface area (TPSA) is 21.3 Å². The van der Waals surface area contributed by atoms with Gasteiger partial charge in [0.2, 0.25) is 0 Å². The molecule has 1 unspecified atom stereocenters. The first kappa shape index (κ1) is 19.5. The van der Waals surface area contributed by atoms with Gasteiger partial charge < -0.3 is 10.1 Å². The minimum atomic E-state index is 0.110. The molecule has 2 nitrogen and oxygen atoms in total. The summed E-state index contributed by atoms with van der Waals surface area (Å²) in [5, 5.41) is 4.66. The Bertz CT molecular complexity index is 662. The molecule has 0 aromatic heterocycles. The van der Waals surface area contributed by atoms with Crippen molar-refractivity contribution in [3.63, 3.8) is 0 Å². The fourth-order valence-corrected chi connectivity index (χ4v) is 4.51. The number of halogens is 1. The van der Waals surface area contributed by atoms with Crippen LogP contribution in [0.5, 0.6) is 0 Å². The summed E-state index contributed by atoms with van der Waals surface area (Å²) < 4.78 is 6.29. The van der Waals surface area contributed by atoms with Crippen LogP contribution in [0.2, 0.25) is 0 Å². The molecule has 0 aromatic carbocycles. The van der Waals surface area contributed by atoms with Gasteiger partial charge in [0.1, 0.15) is 0 Å². The Kier molecular flexibility index (Phi) is 6.14. The van der Waals surface area contributed by atoms with Crippen LogP contribution in [0.1, 0.15) is 47.0 Å². The standard InChI is InChI=1S/C23H32ClNO/c1-5-8-18(23(2,3)4)13-17-15-25-21(16-9-6-10-19(24)14-16)20-11-7-12-26-22(17)20/h5-6,8-10,13,15-16,20-22,25H,7,11-12,14H2,1-4H3/b8-5-,18-13+/t16?,20-,21-,22+/m0/s1. The zero-order chi connectivity index (χ0) is 18.7. The van der Waals surface area contributed by atoms with E-state index in [0.717, 1.165) is 24.5 Å². The first-order chi connectivity index (χ1) is 12.4. The van der Waals surface area contributed by atoms with Crippen LogP contribution in [-0.4, -0.2) is 18.8 Å². The molecule has 0 amide bonds. The Morgan fingerprint density at radius 3 is 2.85 bits per heavy atom. The predicted molar refractivity (Wildman–Crippen MR) is 111 cm³/mol. The van der Waals surface area contributed by atoms with E-state index in [4.69, 9.17) is 16.3 Å². The van der Waals surface area contributed by atoms with Crippen LogP contribution >= 0.6 is 11.6 Å². The predicted octanol–water partition coefficient (Wildman–Crippen LogP) is 5.88. The lowest BCUT2D eigenvalue weighted by Crippen LogP contribution is -2.51. The fourth-order valence-electron chi connectivity index (χ4n) is 4.26. The number of ether oxygens (including phenoxy) is 1. The van der Waals surface area contributed by atoms with Gasteiger partial charge in [0.25, 0.3) is 0 Å². The summed E-state index contributed by atoms with van der Waals surface area (Å²) >= 11 is 6.31. The number of allylic oxidation sites excluding steroid dienone is 6. The van der Waals surface area contributed by atoms with Crippen LogP contribution in [0.25, 0.3) is 0 Å². The lowest BCUT2D eigenvalue weighted by atomic mass is 9.74. The molecule has 0 bridgehead atoms. The zero-order valence-electron chi connectivity index (χ0n) is 16.5. The molecule has 4 atom stereocenters. The van der Waals surface area contributed by atoms with Crippen molar-refractivity contribution in [3.05, 3.63) is 58.8 Å². The van der Waals surface area contributed by atoms with E-state index in [2.05, 4.69) is 69.6 Å². The summed E-state index contributed by atoms with van der Waals surface area (Å²) in [6.07, 6.45) is 18.7. The Hall–Kier alpha value is -1.25. The Morgan fingerprint density at radius 1 is 1.35 bits per heavy atom. The van der Waals surface area contributed by atoms with Crippen molar-refractivity contribution >= 4 is 11.6 Å². The van der Waals surface area contributed by atoms with E-state index < -0.39 is 0 Å². The third kappa shape index (κ3) is 4.35. The number of rotatable bonds is 3. The smallest absolute Gasteiger partial charge is 0.0886 e. The molecule has 3 rings (SSSR count). The summed E-state index contributed by atoms with van der Waals surface area (Å²) in [5.74, 6) is 0.921. The van der Waals surface area contributed by atoms with E-state index in [1.807, 2.05) is 6.08 Å². The van der Waals surface area contributed by atoms with Crippen molar-refractivity contribution < 1.29 is 4.74 Å². The molecule has 3 aliphatic rings. The summed E-state index contributed by atoms with van der Waals surface area (Å²) in [4.78, 5) is 0. The van der Waals surface area contributed by atoms with Gasteiger partial charge in [-0.1, -0.05) is 62.8 Å². The van der Waals surface area contributed by atoms with Crippen LogP contribution in [0.15, 0.2) is 58.8 Å². The monoisotopic (exact) mass is 373 g/mol. The molecule has 0 radical (unpaired) electrons. The van der Waals surface area contributed by atoms with Crippen molar-refractivity contribution in [1.29, 1.82) is 0 Å². The number of hydrogen-bond donors (Lipinski definition) is 1. The summed E-state index contributed by atoms with van der Waals surface area (Å²) in [6, 6.07) is 0.385. The second-order valence-corrected chi connectivity index (χ2v) is 9.14. The number of nitrogens with one attached hydrogen (secondary N) is 1. The second kappa shape index (κ2) is 8.19. The Morgan fingerprint density at radius 2 is 2.15 bits per heavy atom. The molecule has 142 valence electrons. The molecule has 26 heavy (non-hydrogen) atoms. The molecule has 1 fully saturated rings. The Labute approximate surface area is 163 Å². The number of hydrogen-bond acceptors (Lipinski definition) is 2. The fraction of sp³-hybridized carbons (Fsp3) is 0.565. The minimum absolute atomic E-state index is 0.110. The maximum atomic E-state index is 6.31. The van der Waals surface area contributed by atoms with Gasteiger partial charge in [0, 0.05) is 35.7 Å². The molecular formula is C23H32ClNO. The van der Waals surface area contributed by atoms with E-state index in [0.29, 0.717) is 17.9 Å². The van der Waals surface area contributed by atoms with Gasteiger partial charge in [0.05, 0.1) is 6.10 Å². The van der Waals surface area contributed by atoms with Crippen LogP contribution < -0.4 is 5.32 Å². The molecule has 1 saturated heterocycles.